The largest absolute Gasteiger partial charge is 0.489 e. The van der Waals surface area contributed by atoms with E-state index in [1.54, 1.807) is 24.4 Å². The van der Waals surface area contributed by atoms with Crippen molar-refractivity contribution in [3.05, 3.63) is 46.2 Å². The van der Waals surface area contributed by atoms with Crippen molar-refractivity contribution >= 4 is 23.2 Å². The first-order valence-electron chi connectivity index (χ1n) is 6.10. The van der Waals surface area contributed by atoms with Crippen molar-refractivity contribution in [2.24, 2.45) is 0 Å². The van der Waals surface area contributed by atoms with Gasteiger partial charge < -0.3 is 15.2 Å². The van der Waals surface area contributed by atoms with Crippen LogP contribution in [0.3, 0.4) is 0 Å². The zero-order valence-electron chi connectivity index (χ0n) is 10.6. The summed E-state index contributed by atoms with van der Waals surface area (Å²) in [6, 6.07) is 6.99. The highest BCUT2D eigenvalue weighted by atomic mass is 35.5. The Bertz CT molecular complexity index is 534. The van der Waals surface area contributed by atoms with Crippen LogP contribution in [0.15, 0.2) is 30.5 Å². The Hall–Kier alpha value is -1.27. The Labute approximate surface area is 126 Å². The number of aromatic nitrogens is 2. The van der Waals surface area contributed by atoms with Gasteiger partial charge in [-0.05, 0) is 18.2 Å². The summed E-state index contributed by atoms with van der Waals surface area (Å²) >= 11 is 11.9. The quantitative estimate of drug-likeness (QED) is 0.733. The maximum Gasteiger partial charge on any atom is 0.139 e. The SMILES string of the molecule is OC(CNCc1ccn[nH]1)COc1cccc(Cl)c1Cl. The first-order valence-corrected chi connectivity index (χ1v) is 6.86. The molecule has 2 rings (SSSR count). The molecule has 0 fully saturated rings. The number of aliphatic hydroxyl groups excluding tert-OH is 1. The van der Waals surface area contributed by atoms with Crippen LogP contribution in [0, 0.1) is 0 Å². The van der Waals surface area contributed by atoms with E-state index in [-0.39, 0.29) is 6.61 Å². The molecule has 108 valence electrons. The molecule has 5 nitrogen and oxygen atoms in total. The molecule has 1 heterocycles. The number of rotatable bonds is 7. The number of ether oxygens (including phenoxy) is 1. The van der Waals surface area contributed by atoms with E-state index >= 15 is 0 Å². The van der Waals surface area contributed by atoms with Crippen molar-refractivity contribution in [2.45, 2.75) is 12.6 Å². The maximum atomic E-state index is 9.81. The predicted octanol–water partition coefficient (Wildman–Crippen LogP) is 2.25. The molecule has 7 heteroatoms. The zero-order valence-corrected chi connectivity index (χ0v) is 12.2. The van der Waals surface area contributed by atoms with Crippen LogP contribution >= 0.6 is 23.2 Å². The molecule has 1 atom stereocenters. The predicted molar refractivity (Wildman–Crippen MR) is 78.3 cm³/mol. The summed E-state index contributed by atoms with van der Waals surface area (Å²) in [6.07, 6.45) is 1.03. The summed E-state index contributed by atoms with van der Waals surface area (Å²) in [5, 5.41) is 20.3. The van der Waals surface area contributed by atoms with Gasteiger partial charge in [-0.25, -0.2) is 0 Å². The van der Waals surface area contributed by atoms with Gasteiger partial charge in [0.05, 0.1) is 5.02 Å². The number of nitrogens with one attached hydrogen (secondary N) is 2. The summed E-state index contributed by atoms with van der Waals surface area (Å²) in [6.45, 7) is 1.14. The summed E-state index contributed by atoms with van der Waals surface area (Å²) in [4.78, 5) is 0. The van der Waals surface area contributed by atoms with Crippen LogP contribution in [0.5, 0.6) is 5.75 Å². The topological polar surface area (TPSA) is 70.2 Å². The molecule has 1 aromatic heterocycles. The highest BCUT2D eigenvalue weighted by molar-refractivity contribution is 6.42. The van der Waals surface area contributed by atoms with E-state index in [1.165, 1.54) is 0 Å². The lowest BCUT2D eigenvalue weighted by Gasteiger charge is -2.14. The van der Waals surface area contributed by atoms with Gasteiger partial charge in [0.1, 0.15) is 23.5 Å². The average Bonchev–Trinajstić information content (AvgIpc) is 2.94. The minimum Gasteiger partial charge on any atom is -0.489 e. The lowest BCUT2D eigenvalue weighted by molar-refractivity contribution is 0.106. The number of H-pyrrole nitrogens is 1. The van der Waals surface area contributed by atoms with Crippen molar-refractivity contribution in [1.82, 2.24) is 15.5 Å². The lowest BCUT2D eigenvalue weighted by Crippen LogP contribution is -2.31. The lowest BCUT2D eigenvalue weighted by atomic mass is 10.3. The van der Waals surface area contributed by atoms with E-state index in [9.17, 15) is 5.11 Å². The van der Waals surface area contributed by atoms with E-state index in [0.29, 0.717) is 28.9 Å². The normalized spacial score (nSPS) is 12.3. The molecule has 1 aromatic carbocycles. The van der Waals surface area contributed by atoms with Gasteiger partial charge in [0.2, 0.25) is 0 Å². The fourth-order valence-corrected chi connectivity index (χ4v) is 1.94. The second kappa shape index (κ2) is 7.50. The third kappa shape index (κ3) is 4.38. The van der Waals surface area contributed by atoms with Crippen molar-refractivity contribution in [3.63, 3.8) is 0 Å². The van der Waals surface area contributed by atoms with Crippen molar-refractivity contribution < 1.29 is 9.84 Å². The van der Waals surface area contributed by atoms with Gasteiger partial charge in [-0.15, -0.1) is 0 Å². The zero-order chi connectivity index (χ0) is 14.4. The van der Waals surface area contributed by atoms with Gasteiger partial charge in [0.15, 0.2) is 0 Å². The number of hydrogen-bond acceptors (Lipinski definition) is 4. The molecule has 0 aliphatic rings. The van der Waals surface area contributed by atoms with E-state index < -0.39 is 6.10 Å². The molecule has 0 bridgehead atoms. The molecule has 0 saturated carbocycles. The fraction of sp³-hybridized carbons (Fsp3) is 0.308. The molecule has 1 unspecified atom stereocenters. The van der Waals surface area contributed by atoms with Gasteiger partial charge >= 0.3 is 0 Å². The third-order valence-electron chi connectivity index (χ3n) is 2.60. The number of halogens is 2. The van der Waals surface area contributed by atoms with Crippen molar-refractivity contribution in [1.29, 1.82) is 0 Å². The average molecular weight is 316 g/mol. The molecule has 3 N–H and O–H groups in total. The van der Waals surface area contributed by atoms with Gasteiger partial charge in [0.25, 0.3) is 0 Å². The van der Waals surface area contributed by atoms with Crippen molar-refractivity contribution in [3.8, 4) is 5.75 Å². The summed E-state index contributed by atoms with van der Waals surface area (Å²) in [5.74, 6) is 0.465. The molecule has 2 aromatic rings. The van der Waals surface area contributed by atoms with Gasteiger partial charge in [-0.3, -0.25) is 5.10 Å². The monoisotopic (exact) mass is 315 g/mol. The van der Waals surface area contributed by atoms with Gasteiger partial charge in [-0.1, -0.05) is 29.3 Å². The number of aromatic amines is 1. The summed E-state index contributed by atoms with van der Waals surface area (Å²) < 4.78 is 5.44. The molecule has 0 amide bonds. The minimum atomic E-state index is -0.645. The number of nitrogens with zero attached hydrogens (tertiary/aromatic N) is 1. The standard InChI is InChI=1S/C13H15Cl2N3O2/c14-11-2-1-3-12(13(11)15)20-8-10(19)7-16-6-9-4-5-17-18-9/h1-5,10,16,19H,6-8H2,(H,17,18). The van der Waals surface area contributed by atoms with Crippen LogP contribution in [0.4, 0.5) is 0 Å². The number of benzene rings is 1. The van der Waals surface area contributed by atoms with E-state index in [2.05, 4.69) is 15.5 Å². The summed E-state index contributed by atoms with van der Waals surface area (Å²) in [7, 11) is 0. The molecule has 20 heavy (non-hydrogen) atoms. The Kier molecular flexibility index (Phi) is 5.67. The third-order valence-corrected chi connectivity index (χ3v) is 3.40. The fourth-order valence-electron chi connectivity index (χ4n) is 1.60. The molecule has 0 saturated heterocycles. The van der Waals surface area contributed by atoms with Crippen LogP contribution in [0.1, 0.15) is 5.69 Å². The molecular weight excluding hydrogens is 301 g/mol. The number of aliphatic hydroxyl groups is 1. The highest BCUT2D eigenvalue weighted by Crippen LogP contribution is 2.31. The Morgan fingerprint density at radius 3 is 2.95 bits per heavy atom. The van der Waals surface area contributed by atoms with Crippen LogP contribution < -0.4 is 10.1 Å². The van der Waals surface area contributed by atoms with E-state index in [0.717, 1.165) is 5.69 Å². The van der Waals surface area contributed by atoms with Gasteiger partial charge in [0, 0.05) is 25.0 Å². The summed E-state index contributed by atoms with van der Waals surface area (Å²) in [5.41, 5.74) is 0.955. The Balaban J connectivity index is 1.72. The Morgan fingerprint density at radius 1 is 1.35 bits per heavy atom. The first-order chi connectivity index (χ1) is 9.66. The molecular formula is C13H15Cl2N3O2. The van der Waals surface area contributed by atoms with Crippen LogP contribution in [-0.2, 0) is 6.54 Å². The second-order valence-corrected chi connectivity index (χ2v) is 5.01. The van der Waals surface area contributed by atoms with Crippen LogP contribution in [0.2, 0.25) is 10.0 Å². The van der Waals surface area contributed by atoms with Crippen LogP contribution in [0.25, 0.3) is 0 Å². The minimum absolute atomic E-state index is 0.135. The smallest absolute Gasteiger partial charge is 0.139 e. The maximum absolute atomic E-state index is 9.81. The van der Waals surface area contributed by atoms with Gasteiger partial charge in [-0.2, -0.15) is 5.10 Å². The molecule has 0 aliphatic carbocycles. The molecule has 0 aliphatic heterocycles. The first kappa shape index (κ1) is 15.1. The van der Waals surface area contributed by atoms with Crippen LogP contribution in [-0.4, -0.2) is 34.6 Å². The van der Waals surface area contributed by atoms with E-state index in [4.69, 9.17) is 27.9 Å². The van der Waals surface area contributed by atoms with Crippen molar-refractivity contribution in [2.75, 3.05) is 13.2 Å². The molecule has 0 spiro atoms. The van der Waals surface area contributed by atoms with E-state index in [1.807, 2.05) is 6.07 Å². The second-order valence-electron chi connectivity index (χ2n) is 4.23. The highest BCUT2D eigenvalue weighted by Gasteiger charge is 2.09. The number of hydrogen-bond donors (Lipinski definition) is 3. The molecule has 0 radical (unpaired) electrons. The Morgan fingerprint density at radius 2 is 2.20 bits per heavy atom.